The Hall–Kier alpha value is -1.42. The molecule has 2 heterocycles. The standard InChI is InChI=1S/C11H13ClN4/c1-4-9-10(12)13-5-14-11(9)16-6-15-7(2)8(16)3/h5-6H,4H2,1-3H3. The SMILES string of the molecule is CCc1c(Cl)ncnc1-n1cnc(C)c1C. The molecule has 0 bridgehead atoms. The summed E-state index contributed by atoms with van der Waals surface area (Å²) in [7, 11) is 0. The van der Waals surface area contributed by atoms with Crippen LogP contribution in [0, 0.1) is 13.8 Å². The summed E-state index contributed by atoms with van der Waals surface area (Å²) in [6.07, 6.45) is 4.04. The first-order chi connectivity index (χ1) is 7.65. The molecule has 0 aromatic carbocycles. The van der Waals surface area contributed by atoms with Crippen LogP contribution in [-0.4, -0.2) is 19.5 Å². The van der Waals surface area contributed by atoms with Gasteiger partial charge in [0.25, 0.3) is 0 Å². The van der Waals surface area contributed by atoms with Crippen molar-refractivity contribution in [2.45, 2.75) is 27.2 Å². The van der Waals surface area contributed by atoms with Crippen LogP contribution in [0.5, 0.6) is 0 Å². The Labute approximate surface area is 99.3 Å². The van der Waals surface area contributed by atoms with E-state index in [2.05, 4.69) is 15.0 Å². The summed E-state index contributed by atoms with van der Waals surface area (Å²) in [5.41, 5.74) is 3.02. The van der Waals surface area contributed by atoms with E-state index in [-0.39, 0.29) is 0 Å². The van der Waals surface area contributed by atoms with Crippen LogP contribution >= 0.6 is 11.6 Å². The highest BCUT2D eigenvalue weighted by atomic mass is 35.5. The highest BCUT2D eigenvalue weighted by molar-refractivity contribution is 6.30. The molecule has 2 rings (SSSR count). The maximum absolute atomic E-state index is 6.05. The van der Waals surface area contributed by atoms with Crippen LogP contribution in [0.15, 0.2) is 12.7 Å². The van der Waals surface area contributed by atoms with E-state index in [0.717, 1.165) is 29.2 Å². The third-order valence-electron chi connectivity index (χ3n) is 2.70. The Bertz CT molecular complexity index is 519. The lowest BCUT2D eigenvalue weighted by atomic mass is 10.2. The van der Waals surface area contributed by atoms with Crippen molar-refractivity contribution in [2.24, 2.45) is 0 Å². The Morgan fingerprint density at radius 3 is 2.56 bits per heavy atom. The molecule has 0 atom stereocenters. The maximum atomic E-state index is 6.05. The number of halogens is 1. The van der Waals surface area contributed by atoms with Crippen LogP contribution in [0.2, 0.25) is 5.15 Å². The zero-order valence-corrected chi connectivity index (χ0v) is 10.3. The van der Waals surface area contributed by atoms with Gasteiger partial charge in [0.05, 0.1) is 5.69 Å². The molecule has 5 heteroatoms. The topological polar surface area (TPSA) is 43.6 Å². The van der Waals surface area contributed by atoms with E-state index in [0.29, 0.717) is 5.15 Å². The van der Waals surface area contributed by atoms with Crippen molar-refractivity contribution in [3.63, 3.8) is 0 Å². The second kappa shape index (κ2) is 4.22. The molecule has 4 nitrogen and oxygen atoms in total. The molecule has 2 aromatic heterocycles. The fraction of sp³-hybridized carbons (Fsp3) is 0.364. The molecule has 2 aromatic rings. The summed E-state index contributed by atoms with van der Waals surface area (Å²) in [5, 5.41) is 0.512. The summed E-state index contributed by atoms with van der Waals surface area (Å²) in [6, 6.07) is 0. The summed E-state index contributed by atoms with van der Waals surface area (Å²) < 4.78 is 1.95. The molecule has 0 fully saturated rings. The Morgan fingerprint density at radius 2 is 2.00 bits per heavy atom. The fourth-order valence-electron chi connectivity index (χ4n) is 1.61. The molecular weight excluding hydrogens is 224 g/mol. The molecule has 0 saturated carbocycles. The van der Waals surface area contributed by atoms with Crippen LogP contribution in [0.25, 0.3) is 5.82 Å². The number of hydrogen-bond acceptors (Lipinski definition) is 3. The molecule has 0 radical (unpaired) electrons. The van der Waals surface area contributed by atoms with Gasteiger partial charge in [-0.3, -0.25) is 4.57 Å². The van der Waals surface area contributed by atoms with E-state index in [1.54, 1.807) is 6.33 Å². The molecule has 16 heavy (non-hydrogen) atoms. The molecule has 0 spiro atoms. The number of hydrogen-bond donors (Lipinski definition) is 0. The van der Waals surface area contributed by atoms with Gasteiger partial charge < -0.3 is 0 Å². The summed E-state index contributed by atoms with van der Waals surface area (Å²) in [6.45, 7) is 6.02. The Balaban J connectivity index is 2.64. The highest BCUT2D eigenvalue weighted by Gasteiger charge is 2.12. The molecule has 0 aliphatic rings. The van der Waals surface area contributed by atoms with E-state index in [9.17, 15) is 0 Å². The second-order valence-electron chi connectivity index (χ2n) is 3.61. The predicted molar refractivity (Wildman–Crippen MR) is 63.0 cm³/mol. The van der Waals surface area contributed by atoms with Crippen molar-refractivity contribution in [2.75, 3.05) is 0 Å². The first-order valence-corrected chi connectivity index (χ1v) is 5.53. The van der Waals surface area contributed by atoms with Crippen LogP contribution in [0.4, 0.5) is 0 Å². The van der Waals surface area contributed by atoms with Gasteiger partial charge in [-0.1, -0.05) is 18.5 Å². The molecule has 0 N–H and O–H groups in total. The first-order valence-electron chi connectivity index (χ1n) is 5.15. The number of imidazole rings is 1. The number of nitrogens with zero attached hydrogens (tertiary/aromatic N) is 4. The minimum Gasteiger partial charge on any atom is -0.287 e. The zero-order chi connectivity index (χ0) is 11.7. The van der Waals surface area contributed by atoms with Crippen molar-refractivity contribution >= 4 is 11.6 Å². The van der Waals surface area contributed by atoms with Crippen LogP contribution in [0.1, 0.15) is 23.9 Å². The van der Waals surface area contributed by atoms with Gasteiger partial charge in [-0.15, -0.1) is 0 Å². The van der Waals surface area contributed by atoms with Gasteiger partial charge in [-0.2, -0.15) is 0 Å². The van der Waals surface area contributed by atoms with Gasteiger partial charge in [0.2, 0.25) is 0 Å². The molecule has 0 aliphatic carbocycles. The van der Waals surface area contributed by atoms with E-state index in [1.165, 1.54) is 6.33 Å². The van der Waals surface area contributed by atoms with Gasteiger partial charge in [-0.25, -0.2) is 15.0 Å². The van der Waals surface area contributed by atoms with Crippen molar-refractivity contribution < 1.29 is 0 Å². The maximum Gasteiger partial charge on any atom is 0.146 e. The molecule has 0 saturated heterocycles. The average molecular weight is 237 g/mol. The number of aromatic nitrogens is 4. The molecule has 84 valence electrons. The monoisotopic (exact) mass is 236 g/mol. The lowest BCUT2D eigenvalue weighted by Gasteiger charge is -2.09. The van der Waals surface area contributed by atoms with Crippen molar-refractivity contribution in [3.05, 3.63) is 34.8 Å². The van der Waals surface area contributed by atoms with Crippen LogP contribution in [0.3, 0.4) is 0 Å². The second-order valence-corrected chi connectivity index (χ2v) is 3.96. The minimum atomic E-state index is 0.512. The zero-order valence-electron chi connectivity index (χ0n) is 9.53. The highest BCUT2D eigenvalue weighted by Crippen LogP contribution is 2.21. The molecular formula is C11H13ClN4. The largest absolute Gasteiger partial charge is 0.287 e. The first kappa shape index (κ1) is 11.1. The van der Waals surface area contributed by atoms with Gasteiger partial charge in [0, 0.05) is 11.3 Å². The fourth-order valence-corrected chi connectivity index (χ4v) is 1.87. The summed E-state index contributed by atoms with van der Waals surface area (Å²) in [5.74, 6) is 0.820. The van der Waals surface area contributed by atoms with Crippen LogP contribution < -0.4 is 0 Å². The van der Waals surface area contributed by atoms with E-state index >= 15 is 0 Å². The summed E-state index contributed by atoms with van der Waals surface area (Å²) >= 11 is 6.05. The van der Waals surface area contributed by atoms with Crippen LogP contribution in [-0.2, 0) is 6.42 Å². The lowest BCUT2D eigenvalue weighted by molar-refractivity contribution is 0.896. The van der Waals surface area contributed by atoms with Gasteiger partial charge in [0.15, 0.2) is 0 Å². The van der Waals surface area contributed by atoms with Gasteiger partial charge in [-0.05, 0) is 20.3 Å². The third kappa shape index (κ3) is 1.69. The summed E-state index contributed by atoms with van der Waals surface area (Å²) in [4.78, 5) is 12.5. The van der Waals surface area contributed by atoms with E-state index in [1.807, 2.05) is 25.3 Å². The van der Waals surface area contributed by atoms with Crippen molar-refractivity contribution in [1.29, 1.82) is 0 Å². The van der Waals surface area contributed by atoms with E-state index < -0.39 is 0 Å². The quantitative estimate of drug-likeness (QED) is 0.753. The van der Waals surface area contributed by atoms with Gasteiger partial charge >= 0.3 is 0 Å². The number of aryl methyl sites for hydroxylation is 1. The van der Waals surface area contributed by atoms with E-state index in [4.69, 9.17) is 11.6 Å². The predicted octanol–water partition coefficient (Wildman–Crippen LogP) is 2.49. The molecule has 0 aliphatic heterocycles. The normalized spacial score (nSPS) is 10.8. The number of rotatable bonds is 2. The van der Waals surface area contributed by atoms with Crippen molar-refractivity contribution in [1.82, 2.24) is 19.5 Å². The molecule has 0 amide bonds. The minimum absolute atomic E-state index is 0.512. The lowest BCUT2D eigenvalue weighted by Crippen LogP contribution is -2.04. The Morgan fingerprint density at radius 1 is 1.25 bits per heavy atom. The molecule has 0 unspecified atom stereocenters. The van der Waals surface area contributed by atoms with Gasteiger partial charge in [0.1, 0.15) is 23.6 Å². The Kier molecular flexibility index (Phi) is 2.92. The van der Waals surface area contributed by atoms with Crippen molar-refractivity contribution in [3.8, 4) is 5.82 Å². The smallest absolute Gasteiger partial charge is 0.146 e. The average Bonchev–Trinajstić information content (AvgIpc) is 2.59. The third-order valence-corrected chi connectivity index (χ3v) is 3.03.